The molecule has 2 rings (SSSR count). The quantitative estimate of drug-likeness (QED) is 0.557. The molecular weight excluding hydrogens is 236 g/mol. The summed E-state index contributed by atoms with van der Waals surface area (Å²) in [7, 11) is 0. The summed E-state index contributed by atoms with van der Waals surface area (Å²) in [5, 5.41) is 0. The van der Waals surface area contributed by atoms with Gasteiger partial charge in [-0.15, -0.1) is 23.4 Å². The fourth-order valence-corrected chi connectivity index (χ4v) is 2.72. The van der Waals surface area contributed by atoms with Crippen molar-refractivity contribution in [1.29, 1.82) is 0 Å². The van der Waals surface area contributed by atoms with Gasteiger partial charge in [-0.1, -0.05) is 42.5 Å². The molecule has 16 heavy (non-hydrogen) atoms. The fourth-order valence-electron chi connectivity index (χ4n) is 1.51. The molecule has 0 atom stereocenters. The van der Waals surface area contributed by atoms with E-state index in [9.17, 15) is 0 Å². The van der Waals surface area contributed by atoms with Gasteiger partial charge in [0.05, 0.1) is 0 Å². The van der Waals surface area contributed by atoms with Crippen LogP contribution in [0.3, 0.4) is 0 Å². The Balaban J connectivity index is 2.05. The van der Waals surface area contributed by atoms with E-state index in [-0.39, 0.29) is 0 Å². The summed E-state index contributed by atoms with van der Waals surface area (Å²) in [5.41, 5.74) is 2.55. The summed E-state index contributed by atoms with van der Waals surface area (Å²) in [6.07, 6.45) is 0. The molecule has 0 amide bonds. The molecule has 0 nitrogen and oxygen atoms in total. The molecule has 0 aliphatic carbocycles. The van der Waals surface area contributed by atoms with Gasteiger partial charge < -0.3 is 0 Å². The molecule has 0 aliphatic rings. The van der Waals surface area contributed by atoms with Crippen LogP contribution in [-0.4, -0.2) is 0 Å². The molecule has 0 saturated carbocycles. The van der Waals surface area contributed by atoms with Gasteiger partial charge in [0, 0.05) is 16.5 Å². The minimum atomic E-state index is 0.589. The summed E-state index contributed by atoms with van der Waals surface area (Å²) in [6, 6.07) is 18.8. The topological polar surface area (TPSA) is 0 Å². The Bertz CT molecular complexity index is 439. The molecule has 0 N–H and O–H groups in total. The number of rotatable bonds is 4. The summed E-state index contributed by atoms with van der Waals surface area (Å²) in [5.74, 6) is 1.57. The number of benzene rings is 2. The molecule has 0 heterocycles. The van der Waals surface area contributed by atoms with E-state index in [1.807, 2.05) is 23.9 Å². The van der Waals surface area contributed by atoms with Crippen molar-refractivity contribution in [3.63, 3.8) is 0 Å². The van der Waals surface area contributed by atoms with Gasteiger partial charge in [0.1, 0.15) is 0 Å². The van der Waals surface area contributed by atoms with Crippen molar-refractivity contribution < 1.29 is 0 Å². The number of halogens is 1. The largest absolute Gasteiger partial charge is 0.122 e. The molecule has 2 heteroatoms. The zero-order valence-corrected chi connectivity index (χ0v) is 10.5. The zero-order valence-electron chi connectivity index (χ0n) is 8.90. The fraction of sp³-hybridized carbons (Fsp3) is 0.143. The average Bonchev–Trinajstić information content (AvgIpc) is 2.38. The first kappa shape index (κ1) is 11.6. The molecule has 2 aromatic rings. The third-order valence-electron chi connectivity index (χ3n) is 2.40. The summed E-state index contributed by atoms with van der Waals surface area (Å²) < 4.78 is 0. The van der Waals surface area contributed by atoms with Crippen molar-refractivity contribution in [3.05, 3.63) is 65.7 Å². The van der Waals surface area contributed by atoms with Gasteiger partial charge in [-0.05, 0) is 23.3 Å². The maximum atomic E-state index is 5.90. The SMILES string of the molecule is ClCc1ccccc1CSc1ccccc1. The molecule has 82 valence electrons. The van der Waals surface area contributed by atoms with Crippen molar-refractivity contribution in [2.45, 2.75) is 16.5 Å². The first-order valence-corrected chi connectivity index (χ1v) is 6.73. The normalized spacial score (nSPS) is 10.3. The van der Waals surface area contributed by atoms with E-state index in [1.54, 1.807) is 0 Å². The van der Waals surface area contributed by atoms with Crippen molar-refractivity contribution in [3.8, 4) is 0 Å². The van der Waals surface area contributed by atoms with Crippen LogP contribution in [0.5, 0.6) is 0 Å². The average molecular weight is 249 g/mol. The smallest absolute Gasteiger partial charge is 0.0477 e. The van der Waals surface area contributed by atoms with Crippen molar-refractivity contribution in [2.75, 3.05) is 0 Å². The monoisotopic (exact) mass is 248 g/mol. The molecule has 0 unspecified atom stereocenters. The third-order valence-corrected chi connectivity index (χ3v) is 3.75. The first-order valence-electron chi connectivity index (χ1n) is 5.21. The third kappa shape index (κ3) is 3.03. The Kier molecular flexibility index (Phi) is 4.32. The number of hydrogen-bond acceptors (Lipinski definition) is 1. The second kappa shape index (κ2) is 5.97. The lowest BCUT2D eigenvalue weighted by Gasteiger charge is -2.06. The minimum absolute atomic E-state index is 0.589. The maximum Gasteiger partial charge on any atom is 0.0477 e. The van der Waals surface area contributed by atoms with E-state index in [0.29, 0.717) is 5.88 Å². The van der Waals surface area contributed by atoms with Crippen LogP contribution in [0.4, 0.5) is 0 Å². The standard InChI is InChI=1S/C14H13ClS/c15-10-12-6-4-5-7-13(12)11-16-14-8-2-1-3-9-14/h1-9H,10-11H2. The van der Waals surface area contributed by atoms with Gasteiger partial charge in [-0.2, -0.15) is 0 Å². The van der Waals surface area contributed by atoms with Crippen LogP contribution in [0, 0.1) is 0 Å². The predicted molar refractivity (Wildman–Crippen MR) is 72.0 cm³/mol. The zero-order chi connectivity index (χ0) is 11.2. The van der Waals surface area contributed by atoms with Crippen LogP contribution >= 0.6 is 23.4 Å². The van der Waals surface area contributed by atoms with Crippen LogP contribution < -0.4 is 0 Å². The van der Waals surface area contributed by atoms with Crippen LogP contribution in [0.25, 0.3) is 0 Å². The Morgan fingerprint density at radius 1 is 0.812 bits per heavy atom. The molecule has 2 aromatic carbocycles. The molecular formula is C14H13ClS. The predicted octanol–water partition coefficient (Wildman–Crippen LogP) is 4.72. The highest BCUT2D eigenvalue weighted by Gasteiger charge is 2.01. The summed E-state index contributed by atoms with van der Waals surface area (Å²) in [6.45, 7) is 0. The molecule has 0 aromatic heterocycles. The Hall–Kier alpha value is -0.920. The van der Waals surface area contributed by atoms with Gasteiger partial charge in [-0.25, -0.2) is 0 Å². The van der Waals surface area contributed by atoms with Gasteiger partial charge in [-0.3, -0.25) is 0 Å². The summed E-state index contributed by atoms with van der Waals surface area (Å²) in [4.78, 5) is 1.30. The Labute approximate surface area is 106 Å². The van der Waals surface area contributed by atoms with E-state index in [2.05, 4.69) is 42.5 Å². The summed E-state index contributed by atoms with van der Waals surface area (Å²) >= 11 is 7.75. The molecule has 0 aliphatic heterocycles. The van der Waals surface area contributed by atoms with Gasteiger partial charge in [0.2, 0.25) is 0 Å². The molecule has 0 radical (unpaired) electrons. The first-order chi connectivity index (χ1) is 7.90. The molecule has 0 saturated heterocycles. The van der Waals surface area contributed by atoms with Gasteiger partial charge >= 0.3 is 0 Å². The van der Waals surface area contributed by atoms with E-state index in [1.165, 1.54) is 16.0 Å². The molecule has 0 fully saturated rings. The maximum absolute atomic E-state index is 5.90. The van der Waals surface area contributed by atoms with Crippen LogP contribution in [0.1, 0.15) is 11.1 Å². The van der Waals surface area contributed by atoms with Gasteiger partial charge in [0.25, 0.3) is 0 Å². The highest BCUT2D eigenvalue weighted by molar-refractivity contribution is 7.98. The van der Waals surface area contributed by atoms with E-state index < -0.39 is 0 Å². The number of thioether (sulfide) groups is 1. The minimum Gasteiger partial charge on any atom is -0.122 e. The second-order valence-electron chi connectivity index (χ2n) is 3.50. The van der Waals surface area contributed by atoms with E-state index >= 15 is 0 Å². The lowest BCUT2D eigenvalue weighted by Crippen LogP contribution is -1.88. The molecule has 0 bridgehead atoms. The van der Waals surface area contributed by atoms with Crippen LogP contribution in [-0.2, 0) is 11.6 Å². The Morgan fingerprint density at radius 2 is 1.44 bits per heavy atom. The van der Waals surface area contributed by atoms with Crippen molar-refractivity contribution in [1.82, 2.24) is 0 Å². The van der Waals surface area contributed by atoms with Crippen molar-refractivity contribution >= 4 is 23.4 Å². The number of hydrogen-bond donors (Lipinski definition) is 0. The lowest BCUT2D eigenvalue weighted by atomic mass is 10.1. The molecule has 0 spiro atoms. The van der Waals surface area contributed by atoms with E-state index in [4.69, 9.17) is 11.6 Å². The van der Waals surface area contributed by atoms with E-state index in [0.717, 1.165) is 5.75 Å². The van der Waals surface area contributed by atoms with Crippen molar-refractivity contribution in [2.24, 2.45) is 0 Å². The van der Waals surface area contributed by atoms with Crippen LogP contribution in [0.2, 0.25) is 0 Å². The number of alkyl halides is 1. The lowest BCUT2D eigenvalue weighted by molar-refractivity contribution is 1.27. The van der Waals surface area contributed by atoms with Gasteiger partial charge in [0.15, 0.2) is 0 Å². The highest BCUT2D eigenvalue weighted by atomic mass is 35.5. The highest BCUT2D eigenvalue weighted by Crippen LogP contribution is 2.24. The van der Waals surface area contributed by atoms with Crippen LogP contribution in [0.15, 0.2) is 59.5 Å². The second-order valence-corrected chi connectivity index (χ2v) is 4.82. The Morgan fingerprint density at radius 3 is 2.12 bits per heavy atom.